The Balaban J connectivity index is 2.26. The summed E-state index contributed by atoms with van der Waals surface area (Å²) in [6.07, 6.45) is 1.98. The van der Waals surface area contributed by atoms with E-state index >= 15 is 0 Å². The van der Waals surface area contributed by atoms with Crippen LogP contribution in [-0.4, -0.2) is 6.61 Å². The van der Waals surface area contributed by atoms with Crippen molar-refractivity contribution >= 4 is 11.8 Å². The van der Waals surface area contributed by atoms with E-state index in [2.05, 4.69) is 0 Å². The van der Waals surface area contributed by atoms with Crippen LogP contribution in [0.5, 0.6) is 0 Å². The predicted molar refractivity (Wildman–Crippen MR) is 27.0 cm³/mol. The molecule has 0 atom stereocenters. The van der Waals surface area contributed by atoms with Gasteiger partial charge < -0.3 is 4.74 Å². The van der Waals surface area contributed by atoms with E-state index in [1.807, 2.05) is 11.5 Å². The molecule has 0 saturated heterocycles. The van der Waals surface area contributed by atoms with Gasteiger partial charge in [-0.25, -0.2) is 0 Å². The lowest BCUT2D eigenvalue weighted by molar-refractivity contribution is 0.267. The molecule has 1 aliphatic heterocycles. The second kappa shape index (κ2) is 2.26. The Morgan fingerprint density at radius 1 is 1.67 bits per heavy atom. The maximum Gasteiger partial charge on any atom is 0.143 e. The van der Waals surface area contributed by atoms with Gasteiger partial charge in [0.25, 0.3) is 0 Å². The molecule has 0 spiro atoms. The molecule has 1 rings (SSSR count). The summed E-state index contributed by atoms with van der Waals surface area (Å²) in [6, 6.07) is 0. The van der Waals surface area contributed by atoms with Gasteiger partial charge in [0.15, 0.2) is 0 Å². The summed E-state index contributed by atoms with van der Waals surface area (Å²) < 4.78 is 4.82. The minimum absolute atomic E-state index is 0.743. The van der Waals surface area contributed by atoms with Crippen LogP contribution in [0.4, 0.5) is 0 Å². The standard InChI is InChI=1S/C4H5OS/c1-2-5-4-6-3-1/h1,3-4H,2H2. The van der Waals surface area contributed by atoms with E-state index in [1.165, 1.54) is 0 Å². The highest BCUT2D eigenvalue weighted by molar-refractivity contribution is 8.03. The van der Waals surface area contributed by atoms with Gasteiger partial charge in [-0.3, -0.25) is 0 Å². The van der Waals surface area contributed by atoms with Crippen molar-refractivity contribution in [3.05, 3.63) is 17.4 Å². The molecule has 0 aliphatic carbocycles. The van der Waals surface area contributed by atoms with E-state index in [9.17, 15) is 0 Å². The number of ether oxygens (including phenoxy) is 1. The molecular formula is C4H5OS. The zero-order valence-corrected chi connectivity index (χ0v) is 4.07. The zero-order chi connectivity index (χ0) is 4.24. The summed E-state index contributed by atoms with van der Waals surface area (Å²) >= 11 is 1.57. The van der Waals surface area contributed by atoms with Gasteiger partial charge in [0.05, 0.1) is 6.61 Å². The van der Waals surface area contributed by atoms with E-state index in [0.717, 1.165) is 6.61 Å². The van der Waals surface area contributed by atoms with Crippen molar-refractivity contribution in [2.45, 2.75) is 0 Å². The van der Waals surface area contributed by atoms with E-state index in [-0.39, 0.29) is 0 Å². The van der Waals surface area contributed by atoms with E-state index in [1.54, 1.807) is 17.7 Å². The molecule has 0 amide bonds. The van der Waals surface area contributed by atoms with Crippen LogP contribution in [0.25, 0.3) is 0 Å². The van der Waals surface area contributed by atoms with Crippen LogP contribution in [0, 0.1) is 5.94 Å². The SMILES string of the molecule is [CH]1OCC=CS1. The number of hydrogen-bond acceptors (Lipinski definition) is 2. The molecule has 1 aliphatic rings. The van der Waals surface area contributed by atoms with Crippen LogP contribution in [0.2, 0.25) is 0 Å². The monoisotopic (exact) mass is 101 g/mol. The summed E-state index contributed by atoms with van der Waals surface area (Å²) in [6.45, 7) is 0.743. The summed E-state index contributed by atoms with van der Waals surface area (Å²) in [5.74, 6) is 1.72. The van der Waals surface area contributed by atoms with Crippen molar-refractivity contribution in [1.82, 2.24) is 0 Å². The Kier molecular flexibility index (Phi) is 1.59. The Bertz CT molecular complexity index is 52.6. The van der Waals surface area contributed by atoms with Crippen molar-refractivity contribution in [3.8, 4) is 0 Å². The van der Waals surface area contributed by atoms with Crippen LogP contribution < -0.4 is 0 Å². The molecule has 0 unspecified atom stereocenters. The van der Waals surface area contributed by atoms with Gasteiger partial charge in [-0.15, -0.1) is 0 Å². The van der Waals surface area contributed by atoms with Crippen LogP contribution in [0.1, 0.15) is 0 Å². The van der Waals surface area contributed by atoms with Gasteiger partial charge in [0, 0.05) is 0 Å². The maximum absolute atomic E-state index is 4.82. The lowest BCUT2D eigenvalue weighted by atomic mass is 10.7. The molecule has 0 bridgehead atoms. The third-order valence-corrected chi connectivity index (χ3v) is 1.09. The summed E-state index contributed by atoms with van der Waals surface area (Å²) in [4.78, 5) is 0. The average Bonchev–Trinajstić information content (AvgIpc) is 1.72. The first-order valence-electron chi connectivity index (χ1n) is 1.74. The average molecular weight is 101 g/mol. The van der Waals surface area contributed by atoms with Crippen LogP contribution in [0.3, 0.4) is 0 Å². The van der Waals surface area contributed by atoms with E-state index in [0.29, 0.717) is 0 Å². The predicted octanol–water partition coefficient (Wildman–Crippen LogP) is 1.38. The topological polar surface area (TPSA) is 9.23 Å². The Hall–Kier alpha value is 0.0500. The Morgan fingerprint density at radius 3 is 2.83 bits per heavy atom. The molecule has 0 N–H and O–H groups in total. The third kappa shape index (κ3) is 1.03. The molecule has 2 heteroatoms. The molecule has 0 saturated carbocycles. The minimum Gasteiger partial charge on any atom is -0.359 e. The summed E-state index contributed by atoms with van der Waals surface area (Å²) in [5, 5.41) is 2.00. The Labute approximate surface area is 41.4 Å². The first-order chi connectivity index (χ1) is 3.00. The van der Waals surface area contributed by atoms with Crippen molar-refractivity contribution < 1.29 is 4.74 Å². The molecule has 0 aromatic carbocycles. The molecule has 33 valence electrons. The fraction of sp³-hybridized carbons (Fsp3) is 0.250. The molecular weight excluding hydrogens is 96.1 g/mol. The van der Waals surface area contributed by atoms with Gasteiger partial charge in [0.1, 0.15) is 5.94 Å². The van der Waals surface area contributed by atoms with Gasteiger partial charge in [-0.1, -0.05) is 17.8 Å². The van der Waals surface area contributed by atoms with E-state index < -0.39 is 0 Å². The quantitative estimate of drug-likeness (QED) is 0.456. The first-order valence-corrected chi connectivity index (χ1v) is 2.68. The van der Waals surface area contributed by atoms with Crippen LogP contribution in [-0.2, 0) is 4.74 Å². The number of rotatable bonds is 0. The highest BCUT2D eigenvalue weighted by atomic mass is 32.2. The number of hydrogen-bond donors (Lipinski definition) is 0. The molecule has 0 aromatic heterocycles. The lowest BCUT2D eigenvalue weighted by Gasteiger charge is -1.99. The molecule has 0 aromatic rings. The molecule has 1 radical (unpaired) electrons. The van der Waals surface area contributed by atoms with Crippen LogP contribution >= 0.6 is 11.8 Å². The van der Waals surface area contributed by atoms with Crippen molar-refractivity contribution in [3.63, 3.8) is 0 Å². The highest BCUT2D eigenvalue weighted by Gasteiger charge is 1.87. The van der Waals surface area contributed by atoms with Gasteiger partial charge >= 0.3 is 0 Å². The second-order valence-corrected chi connectivity index (χ2v) is 1.67. The van der Waals surface area contributed by atoms with Crippen molar-refractivity contribution in [1.29, 1.82) is 0 Å². The second-order valence-electron chi connectivity index (χ2n) is 0.937. The number of thioether (sulfide) groups is 1. The maximum atomic E-state index is 4.82. The summed E-state index contributed by atoms with van der Waals surface area (Å²) in [7, 11) is 0. The molecule has 1 nitrogen and oxygen atoms in total. The largest absolute Gasteiger partial charge is 0.359 e. The van der Waals surface area contributed by atoms with Crippen molar-refractivity contribution in [2.24, 2.45) is 0 Å². The lowest BCUT2D eigenvalue weighted by Crippen LogP contribution is -1.86. The fourth-order valence-corrected chi connectivity index (χ4v) is 0.672. The normalized spacial score (nSPS) is 21.3. The smallest absolute Gasteiger partial charge is 0.143 e. The van der Waals surface area contributed by atoms with Gasteiger partial charge in [-0.05, 0) is 5.41 Å². The molecule has 1 heterocycles. The Morgan fingerprint density at radius 2 is 2.67 bits per heavy atom. The van der Waals surface area contributed by atoms with Gasteiger partial charge in [0.2, 0.25) is 0 Å². The molecule has 0 fully saturated rings. The fourth-order valence-electron chi connectivity index (χ4n) is 0.261. The third-order valence-electron chi connectivity index (χ3n) is 0.491. The first kappa shape index (κ1) is 4.22. The minimum atomic E-state index is 0.743. The highest BCUT2D eigenvalue weighted by Crippen LogP contribution is 2.11. The van der Waals surface area contributed by atoms with Crippen LogP contribution in [0.15, 0.2) is 11.5 Å². The van der Waals surface area contributed by atoms with Gasteiger partial charge in [-0.2, -0.15) is 0 Å². The molecule has 6 heavy (non-hydrogen) atoms. The van der Waals surface area contributed by atoms with Crippen molar-refractivity contribution in [2.75, 3.05) is 6.61 Å². The summed E-state index contributed by atoms with van der Waals surface area (Å²) in [5.41, 5.74) is 0. The zero-order valence-electron chi connectivity index (χ0n) is 3.26. The van der Waals surface area contributed by atoms with E-state index in [4.69, 9.17) is 4.74 Å².